The number of benzene rings is 1. The molecule has 1 saturated carbocycles. The molecule has 2 fully saturated rings. The Hall–Kier alpha value is -1.72. The van der Waals surface area contributed by atoms with Crippen molar-refractivity contribution >= 4 is 11.8 Å². The van der Waals surface area contributed by atoms with Crippen LogP contribution in [0, 0.1) is 16.7 Å². The summed E-state index contributed by atoms with van der Waals surface area (Å²) in [5, 5.41) is 3.60. The van der Waals surface area contributed by atoms with Gasteiger partial charge in [0.1, 0.15) is 0 Å². The number of imide groups is 1. The molecule has 2 heterocycles. The van der Waals surface area contributed by atoms with Gasteiger partial charge in [-0.3, -0.25) is 14.5 Å². The molecule has 0 radical (unpaired) electrons. The second-order valence-electron chi connectivity index (χ2n) is 10.1. The molecule has 2 aliphatic heterocycles. The van der Waals surface area contributed by atoms with Crippen LogP contribution in [0.5, 0.6) is 0 Å². The molecule has 0 bridgehead atoms. The molecular formula is C24H34N2O3. The molecule has 29 heavy (non-hydrogen) atoms. The molecule has 158 valence electrons. The van der Waals surface area contributed by atoms with E-state index in [1.165, 1.54) is 24.2 Å². The molecule has 0 aromatic heterocycles. The highest BCUT2D eigenvalue weighted by Gasteiger charge is 2.47. The molecular weight excluding hydrogens is 364 g/mol. The quantitative estimate of drug-likeness (QED) is 0.782. The lowest BCUT2D eigenvalue weighted by Gasteiger charge is -2.53. The molecule has 1 spiro atoms. The highest BCUT2D eigenvalue weighted by molar-refractivity contribution is 6.21. The minimum Gasteiger partial charge on any atom is -0.376 e. The molecule has 1 N–H and O–H groups in total. The maximum atomic E-state index is 12.5. The SMILES string of the molecule is CC(C)(C)C1CNCCC12CCC(OCCN1C(=O)c3ccccc3C1=O)CC2. The minimum absolute atomic E-state index is 0.195. The first-order valence-electron chi connectivity index (χ1n) is 11.1. The second-order valence-corrected chi connectivity index (χ2v) is 10.1. The van der Waals surface area contributed by atoms with Gasteiger partial charge >= 0.3 is 0 Å². The van der Waals surface area contributed by atoms with Crippen LogP contribution < -0.4 is 5.32 Å². The predicted octanol–water partition coefficient (Wildman–Crippen LogP) is 3.88. The lowest BCUT2D eigenvalue weighted by Crippen LogP contribution is -2.52. The Morgan fingerprint density at radius 3 is 2.28 bits per heavy atom. The first-order valence-corrected chi connectivity index (χ1v) is 11.1. The average molecular weight is 399 g/mol. The van der Waals surface area contributed by atoms with Gasteiger partial charge in [0, 0.05) is 0 Å². The molecule has 5 heteroatoms. The van der Waals surface area contributed by atoms with Gasteiger partial charge in [-0.05, 0) is 74.1 Å². The molecule has 1 aromatic carbocycles. The van der Waals surface area contributed by atoms with Crippen LogP contribution in [0.25, 0.3) is 0 Å². The van der Waals surface area contributed by atoms with Gasteiger partial charge in [-0.15, -0.1) is 0 Å². The molecule has 3 aliphatic rings. The second kappa shape index (κ2) is 7.84. The van der Waals surface area contributed by atoms with E-state index in [0.29, 0.717) is 41.0 Å². The first-order chi connectivity index (χ1) is 13.8. The van der Waals surface area contributed by atoms with E-state index in [9.17, 15) is 9.59 Å². The van der Waals surface area contributed by atoms with Crippen LogP contribution in [0.15, 0.2) is 24.3 Å². The lowest BCUT2D eigenvalue weighted by molar-refractivity contribution is -0.0599. The van der Waals surface area contributed by atoms with Gasteiger partial charge < -0.3 is 10.1 Å². The van der Waals surface area contributed by atoms with Crippen LogP contribution in [-0.4, -0.2) is 49.1 Å². The van der Waals surface area contributed by atoms with Crippen molar-refractivity contribution in [2.45, 2.75) is 59.0 Å². The molecule has 2 amide bonds. The highest BCUT2D eigenvalue weighted by Crippen LogP contribution is 2.52. The lowest BCUT2D eigenvalue weighted by atomic mass is 9.55. The third-order valence-corrected chi connectivity index (χ3v) is 7.41. The van der Waals surface area contributed by atoms with Crippen molar-refractivity contribution in [3.05, 3.63) is 35.4 Å². The van der Waals surface area contributed by atoms with Crippen LogP contribution in [0.3, 0.4) is 0 Å². The van der Waals surface area contributed by atoms with Crippen LogP contribution >= 0.6 is 0 Å². The van der Waals surface area contributed by atoms with Gasteiger partial charge in [0.2, 0.25) is 0 Å². The number of fused-ring (bicyclic) bond motifs is 1. The zero-order valence-electron chi connectivity index (χ0n) is 18.0. The minimum atomic E-state index is -0.195. The van der Waals surface area contributed by atoms with Crippen molar-refractivity contribution in [3.63, 3.8) is 0 Å². The van der Waals surface area contributed by atoms with E-state index in [1.807, 2.05) is 0 Å². The third-order valence-electron chi connectivity index (χ3n) is 7.41. The van der Waals surface area contributed by atoms with Crippen molar-refractivity contribution in [1.82, 2.24) is 10.2 Å². The van der Waals surface area contributed by atoms with Gasteiger partial charge in [-0.2, -0.15) is 0 Å². The van der Waals surface area contributed by atoms with Crippen LogP contribution in [0.4, 0.5) is 0 Å². The Morgan fingerprint density at radius 1 is 1.07 bits per heavy atom. The van der Waals surface area contributed by atoms with Gasteiger partial charge in [0.25, 0.3) is 11.8 Å². The Balaban J connectivity index is 1.29. The summed E-state index contributed by atoms with van der Waals surface area (Å²) in [5.74, 6) is 0.307. The molecule has 5 nitrogen and oxygen atoms in total. The topological polar surface area (TPSA) is 58.6 Å². The predicted molar refractivity (Wildman–Crippen MR) is 113 cm³/mol. The van der Waals surface area contributed by atoms with Gasteiger partial charge in [-0.1, -0.05) is 32.9 Å². The Kier molecular flexibility index (Phi) is 5.56. The van der Waals surface area contributed by atoms with Gasteiger partial charge in [-0.25, -0.2) is 0 Å². The van der Waals surface area contributed by atoms with E-state index in [4.69, 9.17) is 4.74 Å². The van der Waals surface area contributed by atoms with E-state index in [1.54, 1.807) is 24.3 Å². The number of nitrogens with zero attached hydrogens (tertiary/aromatic N) is 1. The zero-order valence-corrected chi connectivity index (χ0v) is 18.0. The number of carbonyl (C=O) groups is 2. The van der Waals surface area contributed by atoms with Gasteiger partial charge in [0.15, 0.2) is 0 Å². The molecule has 1 aliphatic carbocycles. The number of amides is 2. The van der Waals surface area contributed by atoms with Crippen molar-refractivity contribution < 1.29 is 14.3 Å². The molecule has 1 saturated heterocycles. The zero-order chi connectivity index (χ0) is 20.6. The monoisotopic (exact) mass is 398 g/mol. The summed E-state index contributed by atoms with van der Waals surface area (Å²) in [4.78, 5) is 26.3. The van der Waals surface area contributed by atoms with Crippen molar-refractivity contribution in [3.8, 4) is 0 Å². The summed E-state index contributed by atoms with van der Waals surface area (Å²) < 4.78 is 6.13. The largest absolute Gasteiger partial charge is 0.376 e. The maximum absolute atomic E-state index is 12.5. The molecule has 1 unspecified atom stereocenters. The summed E-state index contributed by atoms with van der Waals surface area (Å²) in [7, 11) is 0. The Morgan fingerprint density at radius 2 is 1.69 bits per heavy atom. The highest BCUT2D eigenvalue weighted by atomic mass is 16.5. The normalized spacial score (nSPS) is 30.1. The van der Waals surface area contributed by atoms with Crippen molar-refractivity contribution in [2.24, 2.45) is 16.7 Å². The first kappa shape index (κ1) is 20.5. The fourth-order valence-corrected chi connectivity index (χ4v) is 5.88. The maximum Gasteiger partial charge on any atom is 0.261 e. The van der Waals surface area contributed by atoms with Crippen LogP contribution in [0.2, 0.25) is 0 Å². The summed E-state index contributed by atoms with van der Waals surface area (Å²) in [6, 6.07) is 7.05. The van der Waals surface area contributed by atoms with Crippen LogP contribution in [0.1, 0.15) is 73.6 Å². The van der Waals surface area contributed by atoms with E-state index in [2.05, 4.69) is 26.1 Å². The Bertz CT molecular complexity index is 740. The molecule has 1 aromatic rings. The fourth-order valence-electron chi connectivity index (χ4n) is 5.88. The smallest absolute Gasteiger partial charge is 0.261 e. The summed E-state index contributed by atoms with van der Waals surface area (Å²) in [5.41, 5.74) is 1.77. The van der Waals surface area contributed by atoms with Crippen molar-refractivity contribution in [2.75, 3.05) is 26.2 Å². The van der Waals surface area contributed by atoms with E-state index >= 15 is 0 Å². The standard InChI is InChI=1S/C24H34N2O3/c1-23(2,3)20-16-25-13-12-24(20)10-8-17(9-11-24)29-15-14-26-21(27)18-6-4-5-7-19(18)22(26)28/h4-7,17,20,25H,8-16H2,1-3H3. The number of hydrogen-bond acceptors (Lipinski definition) is 4. The van der Waals surface area contributed by atoms with E-state index in [-0.39, 0.29) is 17.9 Å². The number of piperidine rings is 1. The average Bonchev–Trinajstić information content (AvgIpc) is 2.94. The number of hydrogen-bond donors (Lipinski definition) is 1. The number of carbonyl (C=O) groups excluding carboxylic acids is 2. The molecule has 4 rings (SSSR count). The number of rotatable bonds is 4. The van der Waals surface area contributed by atoms with Crippen molar-refractivity contribution in [1.29, 1.82) is 0 Å². The third kappa shape index (κ3) is 3.87. The Labute approximate surface area is 174 Å². The van der Waals surface area contributed by atoms with Crippen LogP contribution in [-0.2, 0) is 4.74 Å². The van der Waals surface area contributed by atoms with Gasteiger partial charge in [0.05, 0.1) is 30.4 Å². The fraction of sp³-hybridized carbons (Fsp3) is 0.667. The summed E-state index contributed by atoms with van der Waals surface area (Å²) in [6.07, 6.45) is 6.09. The van der Waals surface area contributed by atoms with E-state index < -0.39 is 0 Å². The van der Waals surface area contributed by atoms with E-state index in [0.717, 1.165) is 25.9 Å². The number of nitrogens with one attached hydrogen (secondary N) is 1. The number of ether oxygens (including phenoxy) is 1. The summed E-state index contributed by atoms with van der Waals surface area (Å²) in [6.45, 7) is 10.1. The molecule has 1 atom stereocenters. The summed E-state index contributed by atoms with van der Waals surface area (Å²) >= 11 is 0.